The Bertz CT molecular complexity index is 602. The molecule has 3 aromatic carbocycles. The minimum atomic E-state index is 0. The predicted molar refractivity (Wildman–Crippen MR) is 79.2 cm³/mol. The van der Waals surface area contributed by atoms with E-state index in [1.165, 1.54) is 0 Å². The summed E-state index contributed by atoms with van der Waals surface area (Å²) in [4.78, 5) is 11.6. The van der Waals surface area contributed by atoms with Crippen LogP contribution in [-0.2, 0) is 17.1 Å². The Balaban J connectivity index is 0.000000313. The third-order valence-electron chi connectivity index (χ3n) is 2.53. The molecule has 21 heavy (non-hydrogen) atoms. The quantitative estimate of drug-likeness (QED) is 0.310. The first-order valence-corrected chi connectivity index (χ1v) is 6.18. The number of carbonyl (C=O) groups is 1. The van der Waals surface area contributed by atoms with Crippen molar-refractivity contribution in [1.29, 1.82) is 0 Å². The molecule has 0 saturated carbocycles. The van der Waals surface area contributed by atoms with Crippen LogP contribution in [0.2, 0.25) is 0 Å². The van der Waals surface area contributed by atoms with Crippen LogP contribution in [-0.4, -0.2) is 5.78 Å². The van der Waals surface area contributed by atoms with Crippen LogP contribution in [0.3, 0.4) is 0 Å². The molecular formula is C19H12FeO-6. The molecule has 0 radical (unpaired) electrons. The van der Waals surface area contributed by atoms with Crippen LogP contribution in [0, 0.1) is 24.3 Å². The van der Waals surface area contributed by atoms with Crippen molar-refractivity contribution in [3.8, 4) is 0 Å². The molecule has 3 aromatic rings. The fourth-order valence-corrected chi connectivity index (χ4v) is 1.55. The molecule has 0 aliphatic heterocycles. The van der Waals surface area contributed by atoms with E-state index in [9.17, 15) is 4.79 Å². The van der Waals surface area contributed by atoms with E-state index in [0.29, 0.717) is 0 Å². The zero-order chi connectivity index (χ0) is 14.0. The van der Waals surface area contributed by atoms with Gasteiger partial charge in [0, 0.05) is 17.1 Å². The second-order valence-corrected chi connectivity index (χ2v) is 3.96. The second kappa shape index (κ2) is 9.71. The van der Waals surface area contributed by atoms with E-state index in [1.54, 1.807) is 12.1 Å². The summed E-state index contributed by atoms with van der Waals surface area (Å²) in [5.74, 6) is 0.0452. The van der Waals surface area contributed by atoms with Crippen molar-refractivity contribution < 1.29 is 21.9 Å². The fraction of sp³-hybridized carbons (Fsp3) is 0. The molecule has 0 heterocycles. The topological polar surface area (TPSA) is 17.1 Å². The molecule has 0 fully saturated rings. The average Bonchev–Trinajstić information content (AvgIpc) is 3.20. The van der Waals surface area contributed by atoms with Crippen molar-refractivity contribution in [3.05, 3.63) is 102 Å². The molecule has 0 unspecified atom stereocenters. The van der Waals surface area contributed by atoms with Gasteiger partial charge in [-0.15, -0.1) is 12.1 Å². The summed E-state index contributed by atoms with van der Waals surface area (Å²) in [7, 11) is 0. The van der Waals surface area contributed by atoms with E-state index < -0.39 is 0 Å². The number of rotatable bonds is 3. The normalized spacial score (nSPS) is 9.52. The van der Waals surface area contributed by atoms with Gasteiger partial charge in [-0.25, -0.2) is 0 Å². The number of allylic oxidation sites excluding steroid dienone is 1. The zero-order valence-electron chi connectivity index (χ0n) is 11.2. The summed E-state index contributed by atoms with van der Waals surface area (Å²) in [5, 5.41) is 0. The molecular weight excluding hydrogens is 300 g/mol. The van der Waals surface area contributed by atoms with Crippen molar-refractivity contribution in [2.75, 3.05) is 0 Å². The van der Waals surface area contributed by atoms with Gasteiger partial charge in [0.25, 0.3) is 0 Å². The van der Waals surface area contributed by atoms with Gasteiger partial charge >= 0.3 is 0 Å². The maximum atomic E-state index is 11.6. The number of hydrogen-bond donors (Lipinski definition) is 0. The summed E-state index contributed by atoms with van der Waals surface area (Å²) in [6.45, 7) is 0. The summed E-state index contributed by atoms with van der Waals surface area (Å²) in [6.07, 6.45) is 3.43. The molecule has 1 nitrogen and oxygen atoms in total. The number of ketones is 1. The van der Waals surface area contributed by atoms with Crippen molar-refractivity contribution in [2.24, 2.45) is 0 Å². The van der Waals surface area contributed by atoms with Crippen LogP contribution in [0.1, 0.15) is 15.9 Å². The number of hydrogen-bond acceptors (Lipinski definition) is 1. The van der Waals surface area contributed by atoms with Crippen LogP contribution in [0.5, 0.6) is 0 Å². The first-order valence-electron chi connectivity index (χ1n) is 6.18. The molecule has 108 valence electrons. The first-order chi connectivity index (χ1) is 9.86. The molecule has 0 aromatic heterocycles. The van der Waals surface area contributed by atoms with Gasteiger partial charge in [-0.05, 0) is 5.56 Å². The van der Waals surface area contributed by atoms with Crippen molar-refractivity contribution in [3.63, 3.8) is 0 Å². The van der Waals surface area contributed by atoms with Gasteiger partial charge in [0.15, 0.2) is 0 Å². The van der Waals surface area contributed by atoms with E-state index in [1.807, 2.05) is 60.7 Å². The van der Waals surface area contributed by atoms with Crippen molar-refractivity contribution in [1.82, 2.24) is 0 Å². The van der Waals surface area contributed by atoms with E-state index in [0.717, 1.165) is 11.1 Å². The SMILES string of the molecule is O=C(/C=C/c1ccccc1)[c-]1cccc1.[Fe].[c-]1[c-][c-][cH-][c-]1. The minimum absolute atomic E-state index is 0. The van der Waals surface area contributed by atoms with E-state index in [4.69, 9.17) is 0 Å². The van der Waals surface area contributed by atoms with Gasteiger partial charge < -0.3 is 35.1 Å². The summed E-state index contributed by atoms with van der Waals surface area (Å²) >= 11 is 0. The summed E-state index contributed by atoms with van der Waals surface area (Å²) in [6, 6.07) is 29.2. The van der Waals surface area contributed by atoms with Gasteiger partial charge in [-0.2, -0.15) is 12.1 Å². The van der Waals surface area contributed by atoms with E-state index in [-0.39, 0.29) is 22.9 Å². The Morgan fingerprint density at radius 1 is 1.00 bits per heavy atom. The van der Waals surface area contributed by atoms with Crippen LogP contribution < -0.4 is 0 Å². The van der Waals surface area contributed by atoms with E-state index >= 15 is 0 Å². The molecule has 0 bridgehead atoms. The molecule has 0 aliphatic rings. The standard InChI is InChI=1S/C14H11O.C5H.Fe/c15-14(13-8-4-5-9-13)11-10-12-6-2-1-3-7-12;1-2-4-5-3-1;/h1-11H;1H;/q-1;-5;/b11-10+;;. The Morgan fingerprint density at radius 2 is 1.62 bits per heavy atom. The van der Waals surface area contributed by atoms with Crippen LogP contribution in [0.25, 0.3) is 6.08 Å². The van der Waals surface area contributed by atoms with Gasteiger partial charge in [-0.1, -0.05) is 48.0 Å². The summed E-state index contributed by atoms with van der Waals surface area (Å²) < 4.78 is 0. The average molecular weight is 312 g/mol. The largest absolute Gasteiger partial charge is 0.999 e. The van der Waals surface area contributed by atoms with Gasteiger partial charge in [0.1, 0.15) is 5.78 Å². The minimum Gasteiger partial charge on any atom is -0.999 e. The molecule has 3 rings (SSSR count). The maximum Gasteiger partial charge on any atom is 0.105 e. The Hall–Kier alpha value is -2.15. The Morgan fingerprint density at radius 3 is 2.14 bits per heavy atom. The Kier molecular flexibility index (Phi) is 7.81. The van der Waals surface area contributed by atoms with Crippen LogP contribution in [0.4, 0.5) is 0 Å². The smallest absolute Gasteiger partial charge is 0.105 e. The molecule has 2 heteroatoms. The van der Waals surface area contributed by atoms with Gasteiger partial charge in [0.05, 0.1) is 0 Å². The summed E-state index contributed by atoms with van der Waals surface area (Å²) in [5.41, 5.74) is 1.78. The molecule has 0 aliphatic carbocycles. The third kappa shape index (κ3) is 6.22. The van der Waals surface area contributed by atoms with Crippen molar-refractivity contribution in [2.45, 2.75) is 0 Å². The molecule has 0 N–H and O–H groups in total. The molecule has 0 spiro atoms. The third-order valence-corrected chi connectivity index (χ3v) is 2.53. The fourth-order valence-electron chi connectivity index (χ4n) is 1.55. The van der Waals surface area contributed by atoms with Gasteiger partial charge in [-0.3, -0.25) is 0 Å². The molecule has 0 saturated heterocycles. The molecule has 0 atom stereocenters. The molecule has 0 amide bonds. The van der Waals surface area contributed by atoms with Crippen LogP contribution in [0.15, 0.2) is 66.7 Å². The van der Waals surface area contributed by atoms with Crippen molar-refractivity contribution >= 4 is 11.9 Å². The monoisotopic (exact) mass is 312 g/mol. The number of carbonyl (C=O) groups excluding carboxylic acids is 1. The number of benzene rings is 1. The van der Waals surface area contributed by atoms with E-state index in [2.05, 4.69) is 24.3 Å². The van der Waals surface area contributed by atoms with Crippen LogP contribution >= 0.6 is 0 Å². The second-order valence-electron chi connectivity index (χ2n) is 3.96. The Labute approximate surface area is 136 Å². The zero-order valence-corrected chi connectivity index (χ0v) is 12.3. The predicted octanol–water partition coefficient (Wildman–Crippen LogP) is 3.91. The first kappa shape index (κ1) is 16.9. The maximum absolute atomic E-state index is 11.6. The van der Waals surface area contributed by atoms with Gasteiger partial charge in [0.2, 0.25) is 0 Å².